The van der Waals surface area contributed by atoms with Gasteiger partial charge in [0.15, 0.2) is 0 Å². The summed E-state index contributed by atoms with van der Waals surface area (Å²) in [6.07, 6.45) is 3.46. The van der Waals surface area contributed by atoms with Gasteiger partial charge < -0.3 is 4.74 Å². The number of amides is 1. The Morgan fingerprint density at radius 2 is 1.84 bits per heavy atom. The van der Waals surface area contributed by atoms with E-state index in [-0.39, 0.29) is 5.91 Å². The van der Waals surface area contributed by atoms with Crippen LogP contribution >= 0.6 is 0 Å². The monoisotopic (exact) mass is 424 g/mol. The first-order valence-electron chi connectivity index (χ1n) is 10.3. The van der Waals surface area contributed by atoms with Crippen LogP contribution in [0.2, 0.25) is 0 Å². The molecule has 5 rings (SSSR count). The summed E-state index contributed by atoms with van der Waals surface area (Å²) in [5, 5.41) is 7.41. The zero-order valence-electron chi connectivity index (χ0n) is 17.4. The molecule has 158 valence electrons. The predicted molar refractivity (Wildman–Crippen MR) is 119 cm³/mol. The van der Waals surface area contributed by atoms with E-state index in [0.717, 1.165) is 22.4 Å². The third-order valence-corrected chi connectivity index (χ3v) is 5.47. The van der Waals surface area contributed by atoms with E-state index in [9.17, 15) is 9.59 Å². The van der Waals surface area contributed by atoms with E-state index in [1.54, 1.807) is 48.5 Å². The Labute approximate surface area is 184 Å². The quantitative estimate of drug-likeness (QED) is 0.480. The van der Waals surface area contributed by atoms with Crippen LogP contribution in [0.25, 0.3) is 11.3 Å². The number of nitrogens with zero attached hydrogens (tertiary/aromatic N) is 3. The van der Waals surface area contributed by atoms with E-state index in [1.807, 2.05) is 42.5 Å². The van der Waals surface area contributed by atoms with E-state index in [2.05, 4.69) is 15.2 Å². The maximum atomic E-state index is 13.5. The van der Waals surface area contributed by atoms with E-state index >= 15 is 0 Å². The minimum Gasteiger partial charge on any atom is -0.462 e. The van der Waals surface area contributed by atoms with Crippen molar-refractivity contribution < 1.29 is 14.3 Å². The maximum absolute atomic E-state index is 13.5. The first-order chi connectivity index (χ1) is 15.7. The zero-order chi connectivity index (χ0) is 22.1. The number of rotatable bonds is 5. The van der Waals surface area contributed by atoms with Crippen molar-refractivity contribution in [3.63, 3.8) is 0 Å². The van der Waals surface area contributed by atoms with Crippen LogP contribution in [-0.4, -0.2) is 33.7 Å². The first-order valence-corrected chi connectivity index (χ1v) is 10.3. The van der Waals surface area contributed by atoms with Crippen LogP contribution in [-0.2, 0) is 4.74 Å². The van der Waals surface area contributed by atoms with Crippen LogP contribution in [0, 0.1) is 0 Å². The Morgan fingerprint density at radius 3 is 2.53 bits per heavy atom. The lowest BCUT2D eigenvalue weighted by Gasteiger charge is -2.26. The molecule has 7 heteroatoms. The van der Waals surface area contributed by atoms with Crippen molar-refractivity contribution in [1.82, 2.24) is 15.2 Å². The molecule has 2 aromatic heterocycles. The molecule has 0 bridgehead atoms. The van der Waals surface area contributed by atoms with Gasteiger partial charge in [-0.25, -0.2) is 4.79 Å². The molecule has 0 radical (unpaired) electrons. The lowest BCUT2D eigenvalue weighted by molar-refractivity contribution is 0.0526. The molecule has 1 aliphatic rings. The molecule has 7 nitrogen and oxygen atoms in total. The number of nitrogens with one attached hydrogen (secondary N) is 1. The van der Waals surface area contributed by atoms with Crippen LogP contribution in [0.15, 0.2) is 79.1 Å². The van der Waals surface area contributed by atoms with Crippen molar-refractivity contribution >= 4 is 17.6 Å². The molecular weight excluding hydrogens is 404 g/mol. The van der Waals surface area contributed by atoms with Gasteiger partial charge in [0.1, 0.15) is 5.69 Å². The lowest BCUT2D eigenvalue weighted by Crippen LogP contribution is -2.29. The molecule has 1 atom stereocenters. The number of hydrogen-bond donors (Lipinski definition) is 1. The van der Waals surface area contributed by atoms with Gasteiger partial charge in [0.05, 0.1) is 23.9 Å². The molecule has 1 aliphatic heterocycles. The van der Waals surface area contributed by atoms with Gasteiger partial charge in [-0.05, 0) is 42.8 Å². The molecule has 4 aromatic rings. The van der Waals surface area contributed by atoms with Crippen molar-refractivity contribution in [2.75, 3.05) is 11.5 Å². The third kappa shape index (κ3) is 3.24. The molecule has 0 fully saturated rings. The van der Waals surface area contributed by atoms with Gasteiger partial charge in [0, 0.05) is 29.2 Å². The Balaban J connectivity index is 1.62. The largest absolute Gasteiger partial charge is 0.462 e. The van der Waals surface area contributed by atoms with Gasteiger partial charge in [0.25, 0.3) is 5.91 Å². The van der Waals surface area contributed by atoms with Gasteiger partial charge in [-0.2, -0.15) is 5.10 Å². The van der Waals surface area contributed by atoms with Crippen molar-refractivity contribution in [3.05, 3.63) is 102 Å². The number of anilines is 1. The fourth-order valence-electron chi connectivity index (χ4n) is 4.06. The summed E-state index contributed by atoms with van der Waals surface area (Å²) in [5.41, 5.74) is 4.88. The van der Waals surface area contributed by atoms with Crippen molar-refractivity contribution in [2.45, 2.75) is 13.0 Å². The number of carbonyl (C=O) groups excluding carboxylic acids is 2. The maximum Gasteiger partial charge on any atom is 0.338 e. The number of pyridine rings is 1. The van der Waals surface area contributed by atoms with E-state index in [4.69, 9.17) is 4.74 Å². The minimum absolute atomic E-state index is 0.188. The fraction of sp³-hybridized carbons (Fsp3) is 0.120. The van der Waals surface area contributed by atoms with Crippen LogP contribution in [0.5, 0.6) is 0 Å². The van der Waals surface area contributed by atoms with Gasteiger partial charge in [-0.1, -0.05) is 36.4 Å². The second-order valence-corrected chi connectivity index (χ2v) is 7.36. The second-order valence-electron chi connectivity index (χ2n) is 7.36. The summed E-state index contributed by atoms with van der Waals surface area (Å²) in [4.78, 5) is 31.5. The second kappa shape index (κ2) is 8.11. The SMILES string of the molecule is CCOC(=O)c1ccc(N2C(=O)c3[nH]nc(-c4ccccc4)c3[C@@H]2c2cccnc2)cc1. The summed E-state index contributed by atoms with van der Waals surface area (Å²) < 4.78 is 5.07. The minimum atomic E-state index is -0.409. The van der Waals surface area contributed by atoms with Crippen molar-refractivity contribution in [3.8, 4) is 11.3 Å². The van der Waals surface area contributed by atoms with Crippen LogP contribution in [0.1, 0.15) is 44.9 Å². The number of aromatic nitrogens is 3. The Kier molecular flexibility index (Phi) is 4.99. The number of carbonyl (C=O) groups is 2. The van der Waals surface area contributed by atoms with Crippen LogP contribution in [0.3, 0.4) is 0 Å². The van der Waals surface area contributed by atoms with Gasteiger partial charge in [-0.3, -0.25) is 19.8 Å². The number of benzene rings is 2. The number of esters is 1. The Bertz CT molecular complexity index is 1270. The zero-order valence-corrected chi connectivity index (χ0v) is 17.4. The highest BCUT2D eigenvalue weighted by molar-refractivity contribution is 6.11. The molecule has 0 aliphatic carbocycles. The lowest BCUT2D eigenvalue weighted by atomic mass is 9.97. The average molecular weight is 424 g/mol. The van der Waals surface area contributed by atoms with Crippen molar-refractivity contribution in [1.29, 1.82) is 0 Å². The molecule has 3 heterocycles. The van der Waals surface area contributed by atoms with Gasteiger partial charge in [-0.15, -0.1) is 0 Å². The van der Waals surface area contributed by atoms with Gasteiger partial charge >= 0.3 is 5.97 Å². The van der Waals surface area contributed by atoms with Gasteiger partial charge in [0.2, 0.25) is 0 Å². The molecule has 32 heavy (non-hydrogen) atoms. The molecular formula is C25H20N4O3. The summed E-state index contributed by atoms with van der Waals surface area (Å²) in [7, 11) is 0. The normalized spacial score (nSPS) is 15.0. The van der Waals surface area contributed by atoms with Crippen molar-refractivity contribution in [2.24, 2.45) is 0 Å². The number of hydrogen-bond acceptors (Lipinski definition) is 5. The highest BCUT2D eigenvalue weighted by Crippen LogP contribution is 2.44. The topological polar surface area (TPSA) is 88.2 Å². The molecule has 2 aromatic carbocycles. The molecule has 1 N–H and O–H groups in total. The van der Waals surface area contributed by atoms with E-state index in [1.165, 1.54) is 0 Å². The predicted octanol–water partition coefficient (Wildman–Crippen LogP) is 4.40. The number of aromatic amines is 1. The number of fused-ring (bicyclic) bond motifs is 1. The van der Waals surface area contributed by atoms with E-state index < -0.39 is 12.0 Å². The fourth-order valence-corrected chi connectivity index (χ4v) is 4.06. The molecule has 0 saturated carbocycles. The summed E-state index contributed by atoms with van der Waals surface area (Å²) in [6, 6.07) is 20.0. The molecule has 0 unspecified atom stereocenters. The third-order valence-electron chi connectivity index (χ3n) is 5.47. The molecule has 0 saturated heterocycles. The summed E-state index contributed by atoms with van der Waals surface area (Å²) >= 11 is 0. The molecule has 1 amide bonds. The molecule has 0 spiro atoms. The van der Waals surface area contributed by atoms with E-state index in [0.29, 0.717) is 23.6 Å². The highest BCUT2D eigenvalue weighted by Gasteiger charge is 2.43. The average Bonchev–Trinajstić information content (AvgIpc) is 3.39. The first kappa shape index (κ1) is 19.7. The Morgan fingerprint density at radius 1 is 1.06 bits per heavy atom. The Hall–Kier alpha value is -4.26. The summed E-state index contributed by atoms with van der Waals surface area (Å²) in [5.74, 6) is -0.580. The summed E-state index contributed by atoms with van der Waals surface area (Å²) in [6.45, 7) is 2.07. The highest BCUT2D eigenvalue weighted by atomic mass is 16.5. The number of H-pyrrole nitrogens is 1. The standard InChI is InChI=1S/C25H20N4O3/c1-2-32-25(31)17-10-12-19(13-11-17)29-23(18-9-6-14-26-15-18)20-21(16-7-4-3-5-8-16)27-28-22(20)24(29)30/h3-15,23H,2H2,1H3,(H,27,28)/t23-/m0/s1. The smallest absolute Gasteiger partial charge is 0.338 e. The van der Waals surface area contributed by atoms with Crippen LogP contribution in [0.4, 0.5) is 5.69 Å². The van der Waals surface area contributed by atoms with Crippen LogP contribution < -0.4 is 4.90 Å². The number of ether oxygens (including phenoxy) is 1.